The fraction of sp³-hybridized carbons (Fsp3) is 0.917. The summed E-state index contributed by atoms with van der Waals surface area (Å²) < 4.78 is 40.1. The van der Waals surface area contributed by atoms with Crippen LogP contribution in [0.3, 0.4) is 0 Å². The minimum atomic E-state index is -4.37. The van der Waals surface area contributed by atoms with E-state index in [0.29, 0.717) is 18.5 Å². The van der Waals surface area contributed by atoms with E-state index < -0.39 is 19.4 Å². The van der Waals surface area contributed by atoms with Gasteiger partial charge in [-0.2, -0.15) is 13.2 Å². The number of carbonyl (C=O) groups excluding carboxylic acids is 1. The van der Waals surface area contributed by atoms with E-state index in [0.717, 1.165) is 32.4 Å². The number of amides is 1. The number of alkyl halides is 3. The van der Waals surface area contributed by atoms with Gasteiger partial charge in [-0.3, -0.25) is 4.79 Å². The Hall–Kier alpha value is -0.530. The van der Waals surface area contributed by atoms with Crippen molar-refractivity contribution in [3.8, 4) is 0 Å². The van der Waals surface area contributed by atoms with Crippen molar-refractivity contribution >= 4 is 18.3 Å². The molecule has 4 nitrogen and oxygen atoms in total. The summed E-state index contributed by atoms with van der Waals surface area (Å²) in [5.74, 6) is -0.343. The third kappa shape index (κ3) is 4.79. The van der Waals surface area contributed by atoms with Crippen LogP contribution in [0.15, 0.2) is 0 Å². The summed E-state index contributed by atoms with van der Waals surface area (Å²) >= 11 is 0. The van der Waals surface area contributed by atoms with Gasteiger partial charge < -0.3 is 15.0 Å². The predicted molar refractivity (Wildman–Crippen MR) is 69.9 cm³/mol. The van der Waals surface area contributed by atoms with Crippen LogP contribution < -0.4 is 5.32 Å². The average Bonchev–Trinajstić information content (AvgIpc) is 2.77. The van der Waals surface area contributed by atoms with E-state index in [-0.39, 0.29) is 18.3 Å². The first-order valence-electron chi connectivity index (χ1n) is 6.53. The Balaban J connectivity index is 0.00000200. The molecule has 2 aliphatic rings. The lowest BCUT2D eigenvalue weighted by atomic mass is 9.78. The molecule has 2 rings (SSSR count). The summed E-state index contributed by atoms with van der Waals surface area (Å²) in [7, 11) is 0. The number of ether oxygens (including phenoxy) is 1. The van der Waals surface area contributed by atoms with Crippen molar-refractivity contribution in [3.63, 3.8) is 0 Å². The summed E-state index contributed by atoms with van der Waals surface area (Å²) in [6.07, 6.45) is -1.41. The summed E-state index contributed by atoms with van der Waals surface area (Å²) in [6, 6.07) is 0. The summed E-state index contributed by atoms with van der Waals surface area (Å²) in [6.45, 7) is 1.40. The molecule has 0 bridgehead atoms. The normalized spacial score (nSPS) is 21.9. The van der Waals surface area contributed by atoms with Crippen molar-refractivity contribution < 1.29 is 22.7 Å². The maximum absolute atomic E-state index is 11.9. The fourth-order valence-electron chi connectivity index (χ4n) is 2.80. The highest BCUT2D eigenvalue weighted by Crippen LogP contribution is 2.36. The SMILES string of the molecule is Cl.O=C(COCC(F)(F)F)N1CCC2(CCNC2)CC1. The van der Waals surface area contributed by atoms with E-state index in [4.69, 9.17) is 0 Å². The molecule has 1 spiro atoms. The van der Waals surface area contributed by atoms with Crippen LogP contribution in [0, 0.1) is 5.41 Å². The molecular formula is C12H20ClF3N2O2. The van der Waals surface area contributed by atoms with Crippen LogP contribution in [-0.4, -0.2) is 56.4 Å². The van der Waals surface area contributed by atoms with Gasteiger partial charge in [-0.1, -0.05) is 0 Å². The van der Waals surface area contributed by atoms with Crippen LogP contribution >= 0.6 is 12.4 Å². The first kappa shape index (κ1) is 17.5. The second-order valence-electron chi connectivity index (χ2n) is 5.42. The lowest BCUT2D eigenvalue weighted by Crippen LogP contribution is -2.45. The average molecular weight is 317 g/mol. The van der Waals surface area contributed by atoms with Crippen molar-refractivity contribution in [2.75, 3.05) is 39.4 Å². The maximum atomic E-state index is 11.9. The molecule has 1 N–H and O–H groups in total. The van der Waals surface area contributed by atoms with E-state index in [1.54, 1.807) is 4.90 Å². The van der Waals surface area contributed by atoms with E-state index in [1.165, 1.54) is 0 Å². The molecule has 2 aliphatic heterocycles. The van der Waals surface area contributed by atoms with Crippen molar-refractivity contribution in [1.29, 1.82) is 0 Å². The number of hydrogen-bond donors (Lipinski definition) is 1. The highest BCUT2D eigenvalue weighted by Gasteiger charge is 2.38. The molecule has 118 valence electrons. The lowest BCUT2D eigenvalue weighted by Gasteiger charge is -2.38. The molecule has 0 aromatic heterocycles. The first-order valence-corrected chi connectivity index (χ1v) is 6.53. The largest absolute Gasteiger partial charge is 0.411 e. The molecule has 0 aliphatic carbocycles. The van der Waals surface area contributed by atoms with Crippen LogP contribution in [0.2, 0.25) is 0 Å². The Kier molecular flexibility index (Phi) is 6.09. The van der Waals surface area contributed by atoms with Crippen LogP contribution in [-0.2, 0) is 9.53 Å². The van der Waals surface area contributed by atoms with Crippen molar-refractivity contribution in [2.24, 2.45) is 5.41 Å². The Morgan fingerprint density at radius 1 is 1.25 bits per heavy atom. The number of carbonyl (C=O) groups is 1. The van der Waals surface area contributed by atoms with Gasteiger partial charge in [-0.15, -0.1) is 12.4 Å². The van der Waals surface area contributed by atoms with Gasteiger partial charge in [0.1, 0.15) is 13.2 Å². The molecule has 2 heterocycles. The van der Waals surface area contributed by atoms with Gasteiger partial charge in [0.25, 0.3) is 0 Å². The number of piperidine rings is 1. The molecule has 8 heteroatoms. The molecule has 1 amide bonds. The quantitative estimate of drug-likeness (QED) is 0.860. The second-order valence-corrected chi connectivity index (χ2v) is 5.42. The van der Waals surface area contributed by atoms with Gasteiger partial charge in [-0.25, -0.2) is 0 Å². The molecule has 0 radical (unpaired) electrons. The number of rotatable bonds is 3. The molecule has 2 fully saturated rings. The first-order chi connectivity index (χ1) is 8.90. The number of likely N-dealkylation sites (tertiary alicyclic amines) is 1. The summed E-state index contributed by atoms with van der Waals surface area (Å²) in [4.78, 5) is 13.3. The minimum Gasteiger partial charge on any atom is -0.362 e. The third-order valence-corrected chi connectivity index (χ3v) is 4.00. The topological polar surface area (TPSA) is 41.6 Å². The standard InChI is InChI=1S/C12H19F3N2O2.ClH/c13-12(14,15)9-19-7-10(18)17-5-2-11(3-6-17)1-4-16-8-11;/h16H,1-9H2;1H. The third-order valence-electron chi connectivity index (χ3n) is 4.00. The van der Waals surface area contributed by atoms with Crippen LogP contribution in [0.1, 0.15) is 19.3 Å². The van der Waals surface area contributed by atoms with Gasteiger partial charge >= 0.3 is 6.18 Å². The monoisotopic (exact) mass is 316 g/mol. The molecule has 0 atom stereocenters. The molecule has 0 aromatic rings. The van der Waals surface area contributed by atoms with Crippen LogP contribution in [0.4, 0.5) is 13.2 Å². The number of hydrogen-bond acceptors (Lipinski definition) is 3. The number of nitrogens with one attached hydrogen (secondary N) is 1. The minimum absolute atomic E-state index is 0. The second kappa shape index (κ2) is 6.95. The van der Waals surface area contributed by atoms with E-state index >= 15 is 0 Å². The zero-order valence-electron chi connectivity index (χ0n) is 11.2. The van der Waals surface area contributed by atoms with Crippen LogP contribution in [0.25, 0.3) is 0 Å². The molecule has 0 unspecified atom stereocenters. The Labute approximate surface area is 122 Å². The Morgan fingerprint density at radius 3 is 2.40 bits per heavy atom. The van der Waals surface area contributed by atoms with Crippen molar-refractivity contribution in [1.82, 2.24) is 10.2 Å². The Morgan fingerprint density at radius 2 is 1.90 bits per heavy atom. The summed E-state index contributed by atoms with van der Waals surface area (Å²) in [5, 5.41) is 3.32. The molecule has 0 saturated carbocycles. The fourth-order valence-corrected chi connectivity index (χ4v) is 2.80. The smallest absolute Gasteiger partial charge is 0.362 e. The molecule has 20 heavy (non-hydrogen) atoms. The van der Waals surface area contributed by atoms with Crippen LogP contribution in [0.5, 0.6) is 0 Å². The maximum Gasteiger partial charge on any atom is 0.411 e. The van der Waals surface area contributed by atoms with E-state index in [2.05, 4.69) is 10.1 Å². The lowest BCUT2D eigenvalue weighted by molar-refractivity contribution is -0.178. The van der Waals surface area contributed by atoms with Gasteiger partial charge in [-0.05, 0) is 31.2 Å². The molecule has 2 saturated heterocycles. The molecule has 0 aromatic carbocycles. The highest BCUT2D eigenvalue weighted by molar-refractivity contribution is 5.85. The van der Waals surface area contributed by atoms with E-state index in [1.807, 2.05) is 0 Å². The molecular weight excluding hydrogens is 297 g/mol. The van der Waals surface area contributed by atoms with Gasteiger partial charge in [0.15, 0.2) is 0 Å². The highest BCUT2D eigenvalue weighted by atomic mass is 35.5. The van der Waals surface area contributed by atoms with Gasteiger partial charge in [0, 0.05) is 19.6 Å². The summed E-state index contributed by atoms with van der Waals surface area (Å²) in [5.41, 5.74) is 0.295. The zero-order chi connectivity index (χ0) is 13.9. The van der Waals surface area contributed by atoms with E-state index in [9.17, 15) is 18.0 Å². The van der Waals surface area contributed by atoms with Gasteiger partial charge in [0.2, 0.25) is 5.91 Å². The number of halogens is 4. The predicted octanol–water partition coefficient (Wildman–Crippen LogP) is 1.59. The number of nitrogens with zero attached hydrogens (tertiary/aromatic N) is 1. The van der Waals surface area contributed by atoms with Crippen molar-refractivity contribution in [2.45, 2.75) is 25.4 Å². The van der Waals surface area contributed by atoms with Gasteiger partial charge in [0.05, 0.1) is 0 Å². The van der Waals surface area contributed by atoms with Crippen molar-refractivity contribution in [3.05, 3.63) is 0 Å². The Bertz CT molecular complexity index is 323. The zero-order valence-corrected chi connectivity index (χ0v) is 12.0.